The SMILES string of the molecule is COC(=O)c1ccc(OC)c(CC2CCN(C(=O)Cc3cccnc3)C2)c1. The van der Waals surface area contributed by atoms with E-state index in [4.69, 9.17) is 9.47 Å². The summed E-state index contributed by atoms with van der Waals surface area (Å²) in [6, 6.07) is 9.08. The Morgan fingerprint density at radius 1 is 1.26 bits per heavy atom. The van der Waals surface area contributed by atoms with Crippen LogP contribution in [0.5, 0.6) is 5.75 Å². The molecular weight excluding hydrogens is 344 g/mol. The van der Waals surface area contributed by atoms with E-state index in [0.717, 1.165) is 36.3 Å². The minimum atomic E-state index is -0.362. The number of carbonyl (C=O) groups excluding carboxylic acids is 2. The van der Waals surface area contributed by atoms with Gasteiger partial charge < -0.3 is 14.4 Å². The minimum absolute atomic E-state index is 0.126. The van der Waals surface area contributed by atoms with Crippen molar-refractivity contribution < 1.29 is 19.1 Å². The fourth-order valence-corrected chi connectivity index (χ4v) is 3.51. The van der Waals surface area contributed by atoms with Crippen LogP contribution < -0.4 is 4.74 Å². The zero-order valence-corrected chi connectivity index (χ0v) is 15.7. The van der Waals surface area contributed by atoms with E-state index in [0.29, 0.717) is 24.4 Å². The zero-order valence-electron chi connectivity index (χ0n) is 15.7. The molecule has 1 aromatic carbocycles. The molecule has 0 radical (unpaired) electrons. The summed E-state index contributed by atoms with van der Waals surface area (Å²) in [6.07, 6.45) is 5.50. The number of methoxy groups -OCH3 is 2. The van der Waals surface area contributed by atoms with Crippen LogP contribution in [0.15, 0.2) is 42.7 Å². The van der Waals surface area contributed by atoms with E-state index in [1.54, 1.807) is 31.6 Å². The molecule has 1 aromatic heterocycles. The van der Waals surface area contributed by atoms with Crippen LogP contribution in [0, 0.1) is 5.92 Å². The van der Waals surface area contributed by atoms with Crippen molar-refractivity contribution in [1.29, 1.82) is 0 Å². The van der Waals surface area contributed by atoms with E-state index in [1.807, 2.05) is 23.1 Å². The molecule has 0 spiro atoms. The second-order valence-corrected chi connectivity index (χ2v) is 6.75. The van der Waals surface area contributed by atoms with Crippen LogP contribution >= 0.6 is 0 Å². The molecule has 0 aliphatic carbocycles. The maximum Gasteiger partial charge on any atom is 0.337 e. The highest BCUT2D eigenvalue weighted by atomic mass is 16.5. The molecular formula is C21H24N2O4. The Kier molecular flexibility index (Phi) is 6.06. The number of rotatable bonds is 6. The molecule has 2 aromatic rings. The number of hydrogen-bond donors (Lipinski definition) is 0. The Hall–Kier alpha value is -2.89. The van der Waals surface area contributed by atoms with Gasteiger partial charge in [-0.2, -0.15) is 0 Å². The number of pyridine rings is 1. The lowest BCUT2D eigenvalue weighted by Gasteiger charge is -2.17. The first kappa shape index (κ1) is 18.9. The predicted molar refractivity (Wildman–Crippen MR) is 101 cm³/mol. The van der Waals surface area contributed by atoms with Crippen LogP contribution in [0.3, 0.4) is 0 Å². The summed E-state index contributed by atoms with van der Waals surface area (Å²) in [5.74, 6) is 0.854. The molecule has 1 atom stereocenters. The quantitative estimate of drug-likeness (QED) is 0.733. The van der Waals surface area contributed by atoms with Crippen molar-refractivity contribution in [2.45, 2.75) is 19.3 Å². The molecule has 1 saturated heterocycles. The Morgan fingerprint density at radius 2 is 2.11 bits per heavy atom. The largest absolute Gasteiger partial charge is 0.496 e. The van der Waals surface area contributed by atoms with Gasteiger partial charge in [-0.3, -0.25) is 9.78 Å². The molecule has 1 aliphatic heterocycles. The number of hydrogen-bond acceptors (Lipinski definition) is 5. The summed E-state index contributed by atoms with van der Waals surface area (Å²) in [5, 5.41) is 0. The van der Waals surface area contributed by atoms with Gasteiger partial charge in [0, 0.05) is 25.5 Å². The normalized spacial score (nSPS) is 16.2. The zero-order chi connectivity index (χ0) is 19.2. The highest BCUT2D eigenvalue weighted by molar-refractivity contribution is 5.89. The third-order valence-corrected chi connectivity index (χ3v) is 4.93. The van der Waals surface area contributed by atoms with Crippen molar-refractivity contribution >= 4 is 11.9 Å². The third kappa shape index (κ3) is 4.64. The van der Waals surface area contributed by atoms with Gasteiger partial charge in [0.05, 0.1) is 26.2 Å². The molecule has 6 heteroatoms. The molecule has 1 aliphatic rings. The minimum Gasteiger partial charge on any atom is -0.496 e. The number of nitrogens with zero attached hydrogens (tertiary/aromatic N) is 2. The summed E-state index contributed by atoms with van der Waals surface area (Å²) in [4.78, 5) is 30.3. The lowest BCUT2D eigenvalue weighted by Crippen LogP contribution is -2.30. The Labute approximate surface area is 159 Å². The van der Waals surface area contributed by atoms with Gasteiger partial charge in [-0.05, 0) is 54.2 Å². The molecule has 1 fully saturated rings. The lowest BCUT2D eigenvalue weighted by molar-refractivity contribution is -0.129. The Balaban J connectivity index is 1.64. The molecule has 142 valence electrons. The standard InChI is InChI=1S/C21H24N2O4/c1-26-19-6-5-17(21(25)27-2)12-18(19)10-16-7-9-23(14-16)20(24)11-15-4-3-8-22-13-15/h3-6,8,12-13,16H,7,9-11,14H2,1-2H3. The summed E-state index contributed by atoms with van der Waals surface area (Å²) in [5.41, 5.74) is 2.40. The number of esters is 1. The van der Waals surface area contributed by atoms with Crippen LogP contribution in [0.4, 0.5) is 0 Å². The first-order valence-electron chi connectivity index (χ1n) is 9.02. The van der Waals surface area contributed by atoms with E-state index >= 15 is 0 Å². The summed E-state index contributed by atoms with van der Waals surface area (Å²) < 4.78 is 10.2. The maximum atomic E-state index is 12.5. The summed E-state index contributed by atoms with van der Waals surface area (Å²) in [6.45, 7) is 1.47. The van der Waals surface area contributed by atoms with Gasteiger partial charge in [-0.15, -0.1) is 0 Å². The van der Waals surface area contributed by atoms with Gasteiger partial charge in [0.15, 0.2) is 0 Å². The van der Waals surface area contributed by atoms with Crippen molar-refractivity contribution in [3.8, 4) is 5.75 Å². The number of aromatic nitrogens is 1. The third-order valence-electron chi connectivity index (χ3n) is 4.93. The van der Waals surface area contributed by atoms with E-state index in [9.17, 15) is 9.59 Å². The lowest BCUT2D eigenvalue weighted by atomic mass is 9.96. The highest BCUT2D eigenvalue weighted by Gasteiger charge is 2.27. The van der Waals surface area contributed by atoms with Crippen molar-refractivity contribution in [3.63, 3.8) is 0 Å². The number of benzene rings is 1. The molecule has 6 nitrogen and oxygen atoms in total. The van der Waals surface area contributed by atoms with Gasteiger partial charge in [-0.25, -0.2) is 4.79 Å². The van der Waals surface area contributed by atoms with Gasteiger partial charge in [0.2, 0.25) is 5.91 Å². The fourth-order valence-electron chi connectivity index (χ4n) is 3.51. The van der Waals surface area contributed by atoms with Gasteiger partial charge in [0.1, 0.15) is 5.75 Å². The summed E-state index contributed by atoms with van der Waals surface area (Å²) >= 11 is 0. The topological polar surface area (TPSA) is 68.7 Å². The van der Waals surface area contributed by atoms with E-state index in [2.05, 4.69) is 4.98 Å². The van der Waals surface area contributed by atoms with E-state index in [-0.39, 0.29) is 11.9 Å². The molecule has 0 saturated carbocycles. The average molecular weight is 368 g/mol. The van der Waals surface area contributed by atoms with Crippen LogP contribution in [0.25, 0.3) is 0 Å². The molecule has 2 heterocycles. The molecule has 0 N–H and O–H groups in total. The van der Waals surface area contributed by atoms with E-state index < -0.39 is 0 Å². The Bertz CT molecular complexity index is 807. The van der Waals surface area contributed by atoms with Crippen molar-refractivity contribution in [1.82, 2.24) is 9.88 Å². The van der Waals surface area contributed by atoms with Crippen LogP contribution in [-0.4, -0.2) is 49.1 Å². The van der Waals surface area contributed by atoms with Gasteiger partial charge in [0.25, 0.3) is 0 Å². The van der Waals surface area contributed by atoms with Crippen molar-refractivity contribution in [2.24, 2.45) is 5.92 Å². The second-order valence-electron chi connectivity index (χ2n) is 6.75. The second kappa shape index (κ2) is 8.66. The van der Waals surface area contributed by atoms with Crippen LogP contribution in [-0.2, 0) is 22.4 Å². The monoisotopic (exact) mass is 368 g/mol. The van der Waals surface area contributed by atoms with Crippen molar-refractivity contribution in [3.05, 3.63) is 59.4 Å². The molecule has 27 heavy (non-hydrogen) atoms. The number of likely N-dealkylation sites (tertiary alicyclic amines) is 1. The maximum absolute atomic E-state index is 12.5. The fraction of sp³-hybridized carbons (Fsp3) is 0.381. The smallest absolute Gasteiger partial charge is 0.337 e. The predicted octanol–water partition coefficient (Wildman–Crippen LogP) is 2.51. The van der Waals surface area contributed by atoms with E-state index in [1.165, 1.54) is 7.11 Å². The van der Waals surface area contributed by atoms with Crippen molar-refractivity contribution in [2.75, 3.05) is 27.3 Å². The van der Waals surface area contributed by atoms with Crippen LogP contribution in [0.2, 0.25) is 0 Å². The number of ether oxygens (including phenoxy) is 2. The first-order chi connectivity index (χ1) is 13.1. The Morgan fingerprint density at radius 3 is 2.81 bits per heavy atom. The molecule has 3 rings (SSSR count). The summed E-state index contributed by atoms with van der Waals surface area (Å²) in [7, 11) is 2.99. The molecule has 1 amide bonds. The van der Waals surface area contributed by atoms with Gasteiger partial charge in [-0.1, -0.05) is 6.07 Å². The number of amides is 1. The number of carbonyl (C=O) groups is 2. The van der Waals surface area contributed by atoms with Crippen LogP contribution in [0.1, 0.15) is 27.9 Å². The molecule has 1 unspecified atom stereocenters. The average Bonchev–Trinajstić information content (AvgIpc) is 3.17. The first-order valence-corrected chi connectivity index (χ1v) is 9.02. The van der Waals surface area contributed by atoms with Gasteiger partial charge >= 0.3 is 5.97 Å². The highest BCUT2D eigenvalue weighted by Crippen LogP contribution is 2.28. The molecule has 0 bridgehead atoms.